The fourth-order valence-electron chi connectivity index (χ4n) is 3.27. The van der Waals surface area contributed by atoms with E-state index in [2.05, 4.69) is 30.1 Å². The standard InChI is InChI=1S/C18H19FN6O3/c1-27-18(26)15-10-25(23-21-15)11-24-8-2-3-13(9-24)17-20-16(22-28-17)12-4-6-14(19)7-5-12/h4-7,10,13H,2-3,8-9,11H2,1H3. The van der Waals surface area contributed by atoms with Crippen molar-refractivity contribution in [3.63, 3.8) is 0 Å². The highest BCUT2D eigenvalue weighted by Crippen LogP contribution is 2.27. The average molecular weight is 386 g/mol. The van der Waals surface area contributed by atoms with Crippen LogP contribution in [0, 0.1) is 5.82 Å². The molecule has 0 spiro atoms. The zero-order chi connectivity index (χ0) is 19.5. The molecule has 1 unspecified atom stereocenters. The maximum Gasteiger partial charge on any atom is 0.360 e. The SMILES string of the molecule is COC(=O)c1cn(CN2CCCC(c3nc(-c4ccc(F)cc4)no3)C2)nn1. The molecule has 9 nitrogen and oxygen atoms in total. The molecule has 4 rings (SSSR count). The molecule has 1 aliphatic rings. The lowest BCUT2D eigenvalue weighted by molar-refractivity contribution is 0.0593. The number of methoxy groups -OCH3 is 1. The van der Waals surface area contributed by atoms with Crippen LogP contribution >= 0.6 is 0 Å². The number of carbonyl (C=O) groups is 1. The maximum absolute atomic E-state index is 13.1. The first-order valence-electron chi connectivity index (χ1n) is 8.92. The number of hydrogen-bond donors (Lipinski definition) is 0. The zero-order valence-electron chi connectivity index (χ0n) is 15.3. The van der Waals surface area contributed by atoms with E-state index in [1.807, 2.05) is 0 Å². The van der Waals surface area contributed by atoms with E-state index in [0.29, 0.717) is 23.9 Å². The van der Waals surface area contributed by atoms with Gasteiger partial charge >= 0.3 is 5.97 Å². The van der Waals surface area contributed by atoms with Crippen molar-refractivity contribution < 1.29 is 18.4 Å². The number of ether oxygens (including phenoxy) is 1. The highest BCUT2D eigenvalue weighted by atomic mass is 19.1. The summed E-state index contributed by atoms with van der Waals surface area (Å²) in [4.78, 5) is 18.2. The van der Waals surface area contributed by atoms with Gasteiger partial charge in [-0.15, -0.1) is 5.10 Å². The van der Waals surface area contributed by atoms with E-state index in [-0.39, 0.29) is 17.4 Å². The fraction of sp³-hybridized carbons (Fsp3) is 0.389. The third-order valence-corrected chi connectivity index (χ3v) is 4.68. The Balaban J connectivity index is 1.42. The molecule has 10 heteroatoms. The van der Waals surface area contributed by atoms with Crippen LogP contribution in [0.4, 0.5) is 4.39 Å². The Hall–Kier alpha value is -3.14. The van der Waals surface area contributed by atoms with Crippen molar-refractivity contribution in [2.75, 3.05) is 20.2 Å². The summed E-state index contributed by atoms with van der Waals surface area (Å²) in [5.41, 5.74) is 0.888. The number of piperidine rings is 1. The molecule has 1 aliphatic heterocycles. The first-order chi connectivity index (χ1) is 13.6. The average Bonchev–Trinajstić information content (AvgIpc) is 3.38. The number of carbonyl (C=O) groups excluding carboxylic acids is 1. The minimum atomic E-state index is -0.512. The maximum atomic E-state index is 13.1. The van der Waals surface area contributed by atoms with Gasteiger partial charge in [0.05, 0.1) is 25.9 Å². The second-order valence-electron chi connectivity index (χ2n) is 6.66. The molecular formula is C18H19FN6O3. The Morgan fingerprint density at radius 3 is 2.96 bits per heavy atom. The Morgan fingerprint density at radius 1 is 1.36 bits per heavy atom. The van der Waals surface area contributed by atoms with Gasteiger partial charge in [0, 0.05) is 12.1 Å². The van der Waals surface area contributed by atoms with Crippen LogP contribution < -0.4 is 0 Å². The summed E-state index contributed by atoms with van der Waals surface area (Å²) in [6.07, 6.45) is 3.47. The van der Waals surface area contributed by atoms with Gasteiger partial charge in [0.2, 0.25) is 11.7 Å². The van der Waals surface area contributed by atoms with Gasteiger partial charge in [-0.05, 0) is 43.7 Å². The topological polar surface area (TPSA) is 99.2 Å². The summed E-state index contributed by atoms with van der Waals surface area (Å²) in [7, 11) is 1.31. The van der Waals surface area contributed by atoms with E-state index in [1.54, 1.807) is 23.0 Å². The molecule has 3 aromatic rings. The normalized spacial score (nSPS) is 17.6. The molecule has 1 fully saturated rings. The van der Waals surface area contributed by atoms with Crippen LogP contribution in [0.3, 0.4) is 0 Å². The second kappa shape index (κ2) is 7.85. The van der Waals surface area contributed by atoms with E-state index in [9.17, 15) is 9.18 Å². The Labute approximate surface area is 160 Å². The summed E-state index contributed by atoms with van der Waals surface area (Å²) in [6, 6.07) is 5.99. The molecule has 28 heavy (non-hydrogen) atoms. The van der Waals surface area contributed by atoms with Crippen molar-refractivity contribution in [3.8, 4) is 11.4 Å². The van der Waals surface area contributed by atoms with Crippen molar-refractivity contribution >= 4 is 5.97 Å². The fourth-order valence-corrected chi connectivity index (χ4v) is 3.27. The quantitative estimate of drug-likeness (QED) is 0.615. The lowest BCUT2D eigenvalue weighted by Crippen LogP contribution is -2.36. The molecule has 0 radical (unpaired) electrons. The number of likely N-dealkylation sites (tertiary alicyclic amines) is 1. The summed E-state index contributed by atoms with van der Waals surface area (Å²) in [6.45, 7) is 2.11. The van der Waals surface area contributed by atoms with Gasteiger partial charge in [-0.2, -0.15) is 4.98 Å². The summed E-state index contributed by atoms with van der Waals surface area (Å²) >= 11 is 0. The number of halogens is 1. The number of nitrogens with zero attached hydrogens (tertiary/aromatic N) is 6. The van der Waals surface area contributed by atoms with Crippen LogP contribution in [0.2, 0.25) is 0 Å². The van der Waals surface area contributed by atoms with Gasteiger partial charge in [-0.25, -0.2) is 13.9 Å². The molecular weight excluding hydrogens is 367 g/mol. The highest BCUT2D eigenvalue weighted by Gasteiger charge is 2.26. The van der Waals surface area contributed by atoms with E-state index >= 15 is 0 Å². The number of hydrogen-bond acceptors (Lipinski definition) is 8. The summed E-state index contributed by atoms with van der Waals surface area (Å²) in [5.74, 6) is 0.295. The van der Waals surface area contributed by atoms with Crippen LogP contribution in [0.5, 0.6) is 0 Å². The molecule has 1 atom stereocenters. The first-order valence-corrected chi connectivity index (χ1v) is 8.92. The third kappa shape index (κ3) is 3.91. The minimum absolute atomic E-state index is 0.0963. The monoisotopic (exact) mass is 386 g/mol. The minimum Gasteiger partial charge on any atom is -0.464 e. The van der Waals surface area contributed by atoms with Crippen molar-refractivity contribution in [2.45, 2.75) is 25.4 Å². The largest absolute Gasteiger partial charge is 0.464 e. The summed E-state index contributed by atoms with van der Waals surface area (Å²) in [5, 5.41) is 11.8. The van der Waals surface area contributed by atoms with E-state index in [4.69, 9.17) is 4.52 Å². The molecule has 0 aliphatic carbocycles. The smallest absolute Gasteiger partial charge is 0.360 e. The van der Waals surface area contributed by atoms with Crippen LogP contribution in [0.1, 0.15) is 35.1 Å². The highest BCUT2D eigenvalue weighted by molar-refractivity contribution is 5.86. The number of aromatic nitrogens is 5. The molecule has 2 aromatic heterocycles. The van der Waals surface area contributed by atoms with E-state index in [1.165, 1.54) is 19.2 Å². The van der Waals surface area contributed by atoms with Crippen molar-refractivity contribution in [1.82, 2.24) is 30.0 Å². The Morgan fingerprint density at radius 2 is 2.18 bits per heavy atom. The molecule has 146 valence electrons. The number of esters is 1. The Bertz CT molecular complexity index is 954. The van der Waals surface area contributed by atoms with Crippen LogP contribution in [-0.2, 0) is 11.4 Å². The number of rotatable bonds is 5. The van der Waals surface area contributed by atoms with Gasteiger partial charge in [0.1, 0.15) is 5.82 Å². The van der Waals surface area contributed by atoms with Crippen LogP contribution in [0.15, 0.2) is 35.0 Å². The van der Waals surface area contributed by atoms with Gasteiger partial charge < -0.3 is 9.26 Å². The lowest BCUT2D eigenvalue weighted by atomic mass is 9.98. The van der Waals surface area contributed by atoms with Crippen molar-refractivity contribution in [1.29, 1.82) is 0 Å². The molecule has 0 N–H and O–H groups in total. The summed E-state index contributed by atoms with van der Waals surface area (Å²) < 4.78 is 24.8. The van der Waals surface area contributed by atoms with Crippen molar-refractivity contribution in [2.24, 2.45) is 0 Å². The number of benzene rings is 1. The predicted octanol–water partition coefficient (Wildman–Crippen LogP) is 2.09. The molecule has 3 heterocycles. The molecule has 1 saturated heterocycles. The second-order valence-corrected chi connectivity index (χ2v) is 6.66. The van der Waals surface area contributed by atoms with Gasteiger partial charge in [0.15, 0.2) is 5.69 Å². The van der Waals surface area contributed by atoms with Crippen molar-refractivity contribution in [3.05, 3.63) is 47.9 Å². The van der Waals surface area contributed by atoms with Gasteiger partial charge in [0.25, 0.3) is 0 Å². The predicted molar refractivity (Wildman–Crippen MR) is 94.6 cm³/mol. The van der Waals surface area contributed by atoms with Gasteiger partial charge in [-0.3, -0.25) is 4.90 Å². The molecule has 0 amide bonds. The van der Waals surface area contributed by atoms with Crippen LogP contribution in [-0.4, -0.2) is 56.2 Å². The van der Waals surface area contributed by atoms with Gasteiger partial charge in [-0.1, -0.05) is 10.4 Å². The zero-order valence-corrected chi connectivity index (χ0v) is 15.3. The third-order valence-electron chi connectivity index (χ3n) is 4.68. The van der Waals surface area contributed by atoms with E-state index in [0.717, 1.165) is 25.9 Å². The first kappa shape index (κ1) is 18.2. The molecule has 0 bridgehead atoms. The lowest BCUT2D eigenvalue weighted by Gasteiger charge is -2.30. The molecule has 1 aromatic carbocycles. The molecule has 0 saturated carbocycles. The van der Waals surface area contributed by atoms with Crippen LogP contribution in [0.25, 0.3) is 11.4 Å². The Kier molecular flexibility index (Phi) is 5.11. The van der Waals surface area contributed by atoms with E-state index < -0.39 is 5.97 Å².